The Kier molecular flexibility index (Phi) is 11.2. The number of sulfonamides is 1. The van der Waals surface area contributed by atoms with E-state index in [0.29, 0.717) is 24.3 Å². The van der Waals surface area contributed by atoms with E-state index in [1.165, 1.54) is 10.6 Å². The Hall–Kier alpha value is -3.07. The second kappa shape index (κ2) is 13.6. The summed E-state index contributed by atoms with van der Waals surface area (Å²) < 4.78 is 31.7. The highest BCUT2D eigenvalue weighted by Crippen LogP contribution is 2.22. The highest BCUT2D eigenvalue weighted by atomic mass is 32.2. The van der Waals surface area contributed by atoms with Gasteiger partial charge in [-0.05, 0) is 75.4 Å². The van der Waals surface area contributed by atoms with Crippen molar-refractivity contribution in [2.45, 2.75) is 78.4 Å². The van der Waals surface area contributed by atoms with E-state index in [-0.39, 0.29) is 31.3 Å². The highest BCUT2D eigenvalue weighted by molar-refractivity contribution is 7.92. The zero-order chi connectivity index (χ0) is 28.5. The monoisotopic (exact) mass is 545 g/mol. The van der Waals surface area contributed by atoms with Crippen LogP contribution in [0.5, 0.6) is 5.75 Å². The number of nitrogens with zero attached hydrogens (tertiary/aromatic N) is 2. The third kappa shape index (κ3) is 9.35. The van der Waals surface area contributed by atoms with E-state index in [1.807, 2.05) is 71.0 Å². The van der Waals surface area contributed by atoms with Crippen molar-refractivity contribution in [3.05, 3.63) is 59.7 Å². The number of hydrogen-bond donors (Lipinski definition) is 1. The molecule has 0 radical (unpaired) electrons. The molecule has 1 N–H and O–H groups in total. The van der Waals surface area contributed by atoms with Gasteiger partial charge in [0.1, 0.15) is 11.8 Å². The first-order chi connectivity index (χ1) is 17.8. The SMILES string of the molecule is CCc1ccc(N(CCCC(=O)N(Cc2cccc(OC)c2)[C@H](CC)C(=O)NC(C)(C)C)S(C)(=O)=O)cc1. The molecular weight excluding hydrogens is 502 g/mol. The molecule has 0 fully saturated rings. The molecule has 210 valence electrons. The number of hydrogen-bond acceptors (Lipinski definition) is 5. The summed E-state index contributed by atoms with van der Waals surface area (Å²) in [5.74, 6) is 0.239. The molecule has 2 aromatic carbocycles. The Balaban J connectivity index is 2.25. The number of benzene rings is 2. The molecule has 0 unspecified atom stereocenters. The number of ether oxygens (including phenoxy) is 1. The molecule has 0 aliphatic rings. The standard InChI is InChI=1S/C29H43N3O5S/c1-8-22-15-17-24(18-16-22)32(38(7,35)36)19-11-14-27(33)31(21-23-12-10-13-25(20-23)37-6)26(9-2)28(34)30-29(3,4)5/h10,12-13,15-18,20,26H,8-9,11,14,19,21H2,1-7H3,(H,30,34)/t26-/m1/s1. The van der Waals surface area contributed by atoms with Crippen molar-refractivity contribution < 1.29 is 22.7 Å². The van der Waals surface area contributed by atoms with Gasteiger partial charge in [-0.1, -0.05) is 38.1 Å². The fourth-order valence-electron chi connectivity index (χ4n) is 4.24. The summed E-state index contributed by atoms with van der Waals surface area (Å²) in [6.07, 6.45) is 2.88. The van der Waals surface area contributed by atoms with Crippen molar-refractivity contribution in [2.75, 3.05) is 24.2 Å². The third-order valence-electron chi connectivity index (χ3n) is 6.16. The summed E-state index contributed by atoms with van der Waals surface area (Å²) in [6, 6.07) is 14.2. The smallest absolute Gasteiger partial charge is 0.243 e. The van der Waals surface area contributed by atoms with Crippen LogP contribution in [0.15, 0.2) is 48.5 Å². The van der Waals surface area contributed by atoms with Crippen molar-refractivity contribution in [2.24, 2.45) is 0 Å². The molecule has 2 amide bonds. The van der Waals surface area contributed by atoms with Gasteiger partial charge < -0.3 is 15.0 Å². The first kappa shape index (κ1) is 31.1. The summed E-state index contributed by atoms with van der Waals surface area (Å²) in [5, 5.41) is 2.99. The fraction of sp³-hybridized carbons (Fsp3) is 0.517. The van der Waals surface area contributed by atoms with Crippen molar-refractivity contribution >= 4 is 27.5 Å². The molecule has 0 bridgehead atoms. The minimum absolute atomic E-state index is 0.0995. The summed E-state index contributed by atoms with van der Waals surface area (Å²) >= 11 is 0. The molecule has 38 heavy (non-hydrogen) atoms. The van der Waals surface area contributed by atoms with Crippen LogP contribution in [0.4, 0.5) is 5.69 Å². The maximum atomic E-state index is 13.6. The van der Waals surface area contributed by atoms with Crippen LogP contribution in [0, 0.1) is 0 Å². The molecule has 0 spiro atoms. The average molecular weight is 546 g/mol. The van der Waals surface area contributed by atoms with Gasteiger partial charge in [0.2, 0.25) is 21.8 Å². The van der Waals surface area contributed by atoms with Crippen LogP contribution in [0.1, 0.15) is 65.0 Å². The van der Waals surface area contributed by atoms with Crippen molar-refractivity contribution in [3.63, 3.8) is 0 Å². The lowest BCUT2D eigenvalue weighted by Crippen LogP contribution is -2.53. The van der Waals surface area contributed by atoms with E-state index in [9.17, 15) is 18.0 Å². The number of carbonyl (C=O) groups excluding carboxylic acids is 2. The van der Waals surface area contributed by atoms with Gasteiger partial charge in [0.05, 0.1) is 19.1 Å². The number of amides is 2. The van der Waals surface area contributed by atoms with Crippen LogP contribution in [-0.2, 0) is 32.6 Å². The van der Waals surface area contributed by atoms with E-state index in [4.69, 9.17) is 4.74 Å². The van der Waals surface area contributed by atoms with E-state index >= 15 is 0 Å². The van der Waals surface area contributed by atoms with E-state index < -0.39 is 21.6 Å². The third-order valence-corrected chi connectivity index (χ3v) is 7.35. The lowest BCUT2D eigenvalue weighted by molar-refractivity contribution is -0.142. The number of rotatable bonds is 13. The zero-order valence-corrected chi connectivity index (χ0v) is 24.6. The van der Waals surface area contributed by atoms with Crippen LogP contribution >= 0.6 is 0 Å². The van der Waals surface area contributed by atoms with Crippen LogP contribution in [-0.4, -0.2) is 56.6 Å². The number of anilines is 1. The lowest BCUT2D eigenvalue weighted by Gasteiger charge is -2.33. The van der Waals surface area contributed by atoms with Crippen LogP contribution in [0.2, 0.25) is 0 Å². The highest BCUT2D eigenvalue weighted by Gasteiger charge is 2.30. The Morgan fingerprint density at radius 3 is 2.21 bits per heavy atom. The Morgan fingerprint density at radius 1 is 1.03 bits per heavy atom. The molecule has 0 aliphatic carbocycles. The van der Waals surface area contributed by atoms with Gasteiger partial charge in [0.25, 0.3) is 0 Å². The summed E-state index contributed by atoms with van der Waals surface area (Å²) in [4.78, 5) is 28.3. The van der Waals surface area contributed by atoms with Crippen LogP contribution < -0.4 is 14.4 Å². The second-order valence-electron chi connectivity index (χ2n) is 10.5. The van der Waals surface area contributed by atoms with Crippen LogP contribution in [0.3, 0.4) is 0 Å². The normalized spacial score (nSPS) is 12.5. The number of nitrogens with one attached hydrogen (secondary N) is 1. The second-order valence-corrected chi connectivity index (χ2v) is 12.4. The summed E-state index contributed by atoms with van der Waals surface area (Å²) in [5.41, 5.74) is 2.08. The van der Waals surface area contributed by atoms with E-state index in [1.54, 1.807) is 24.1 Å². The molecule has 2 aromatic rings. The number of aryl methyl sites for hydroxylation is 1. The van der Waals surface area contributed by atoms with Gasteiger partial charge in [-0.25, -0.2) is 8.42 Å². The van der Waals surface area contributed by atoms with Gasteiger partial charge in [0, 0.05) is 25.0 Å². The van der Waals surface area contributed by atoms with E-state index in [0.717, 1.165) is 17.5 Å². The Bertz CT molecular complexity index is 1170. The Morgan fingerprint density at radius 2 is 1.68 bits per heavy atom. The van der Waals surface area contributed by atoms with Gasteiger partial charge in [-0.15, -0.1) is 0 Å². The van der Waals surface area contributed by atoms with Crippen molar-refractivity contribution in [3.8, 4) is 5.75 Å². The molecule has 9 heteroatoms. The van der Waals surface area contributed by atoms with Gasteiger partial charge in [0.15, 0.2) is 0 Å². The van der Waals surface area contributed by atoms with Crippen LogP contribution in [0.25, 0.3) is 0 Å². The molecule has 1 atom stereocenters. The van der Waals surface area contributed by atoms with Crippen molar-refractivity contribution in [1.29, 1.82) is 0 Å². The van der Waals surface area contributed by atoms with E-state index in [2.05, 4.69) is 5.32 Å². The fourth-order valence-corrected chi connectivity index (χ4v) is 5.21. The molecule has 0 aromatic heterocycles. The molecule has 8 nitrogen and oxygen atoms in total. The minimum Gasteiger partial charge on any atom is -0.497 e. The van der Waals surface area contributed by atoms with Gasteiger partial charge >= 0.3 is 0 Å². The predicted octanol–water partition coefficient (Wildman–Crippen LogP) is 4.53. The van der Waals surface area contributed by atoms with Crippen molar-refractivity contribution in [1.82, 2.24) is 10.2 Å². The zero-order valence-electron chi connectivity index (χ0n) is 23.8. The predicted molar refractivity (Wildman–Crippen MR) is 153 cm³/mol. The first-order valence-corrected chi connectivity index (χ1v) is 14.9. The maximum absolute atomic E-state index is 13.6. The summed E-state index contributed by atoms with van der Waals surface area (Å²) in [6.45, 7) is 10.0. The molecule has 0 saturated heterocycles. The maximum Gasteiger partial charge on any atom is 0.243 e. The quantitative estimate of drug-likeness (QED) is 0.399. The summed E-state index contributed by atoms with van der Waals surface area (Å²) in [7, 11) is -1.96. The average Bonchev–Trinajstić information content (AvgIpc) is 2.84. The van der Waals surface area contributed by atoms with Gasteiger partial charge in [-0.3, -0.25) is 13.9 Å². The van der Waals surface area contributed by atoms with Gasteiger partial charge in [-0.2, -0.15) is 0 Å². The Labute approximate surface area is 228 Å². The largest absolute Gasteiger partial charge is 0.497 e. The first-order valence-electron chi connectivity index (χ1n) is 13.1. The number of methoxy groups -OCH3 is 1. The lowest BCUT2D eigenvalue weighted by atomic mass is 10.0. The molecule has 0 aliphatic heterocycles. The topological polar surface area (TPSA) is 96.0 Å². The molecule has 0 heterocycles. The minimum atomic E-state index is -3.54. The molecule has 2 rings (SSSR count). The molecular formula is C29H43N3O5S. The molecule has 0 saturated carbocycles. The number of carbonyl (C=O) groups is 2.